The molecule has 1 fully saturated rings. The molecule has 0 heterocycles. The van der Waals surface area contributed by atoms with Gasteiger partial charge in [-0.1, -0.05) is 26.2 Å². The number of hydrogen-bond donors (Lipinski definition) is 2. The monoisotopic (exact) mass is 259 g/mol. The summed E-state index contributed by atoms with van der Waals surface area (Å²) in [5.41, 5.74) is -0.0717. The summed E-state index contributed by atoms with van der Waals surface area (Å²) in [6.07, 6.45) is 9.29. The molecule has 17 heavy (non-hydrogen) atoms. The van der Waals surface area contributed by atoms with Crippen LogP contribution in [0.3, 0.4) is 0 Å². The molecule has 1 saturated carbocycles. The van der Waals surface area contributed by atoms with Gasteiger partial charge in [-0.25, -0.2) is 0 Å². The van der Waals surface area contributed by atoms with Crippen LogP contribution in [0.25, 0.3) is 0 Å². The summed E-state index contributed by atoms with van der Waals surface area (Å²) in [6, 6.07) is 0. The van der Waals surface area contributed by atoms with E-state index in [9.17, 15) is 5.11 Å². The average Bonchev–Trinajstić information content (AvgIpc) is 2.38. The molecule has 0 aliphatic heterocycles. The Hall–Kier alpha value is 0.270. The Morgan fingerprint density at radius 1 is 1.29 bits per heavy atom. The van der Waals surface area contributed by atoms with Crippen molar-refractivity contribution in [3.05, 3.63) is 0 Å². The van der Waals surface area contributed by atoms with Crippen molar-refractivity contribution in [1.82, 2.24) is 5.32 Å². The van der Waals surface area contributed by atoms with Crippen molar-refractivity contribution in [2.45, 2.75) is 69.6 Å². The molecule has 1 aliphatic carbocycles. The number of aliphatic hydroxyl groups is 1. The highest BCUT2D eigenvalue weighted by Crippen LogP contribution is 2.29. The van der Waals surface area contributed by atoms with Crippen LogP contribution < -0.4 is 5.32 Å². The molecule has 1 atom stereocenters. The minimum absolute atomic E-state index is 0.0717. The van der Waals surface area contributed by atoms with Crippen LogP contribution in [0.15, 0.2) is 0 Å². The van der Waals surface area contributed by atoms with Gasteiger partial charge in [-0.2, -0.15) is 11.8 Å². The third-order valence-electron chi connectivity index (χ3n) is 3.71. The number of aliphatic hydroxyl groups excluding tert-OH is 1. The molecule has 0 spiro atoms. The van der Waals surface area contributed by atoms with Crippen LogP contribution in [0, 0.1) is 0 Å². The molecule has 0 amide bonds. The van der Waals surface area contributed by atoms with Crippen LogP contribution in [0.4, 0.5) is 0 Å². The first-order valence-corrected chi connectivity index (χ1v) is 8.22. The largest absolute Gasteiger partial charge is 0.394 e. The van der Waals surface area contributed by atoms with Gasteiger partial charge in [0.15, 0.2) is 0 Å². The van der Waals surface area contributed by atoms with Crippen LogP contribution in [0.2, 0.25) is 0 Å². The summed E-state index contributed by atoms with van der Waals surface area (Å²) in [5.74, 6) is 1.18. The van der Waals surface area contributed by atoms with E-state index in [4.69, 9.17) is 0 Å². The van der Waals surface area contributed by atoms with Gasteiger partial charge in [0.05, 0.1) is 6.61 Å². The predicted octanol–water partition coefficient (Wildman–Crippen LogP) is 3.19. The molecule has 0 aromatic rings. The zero-order valence-electron chi connectivity index (χ0n) is 11.5. The lowest BCUT2D eigenvalue weighted by Gasteiger charge is -2.30. The lowest BCUT2D eigenvalue weighted by Crippen LogP contribution is -2.46. The molecule has 0 aromatic carbocycles. The number of hydrogen-bond acceptors (Lipinski definition) is 3. The van der Waals surface area contributed by atoms with E-state index in [2.05, 4.69) is 30.9 Å². The van der Waals surface area contributed by atoms with Gasteiger partial charge >= 0.3 is 0 Å². The van der Waals surface area contributed by atoms with Gasteiger partial charge in [0, 0.05) is 10.8 Å². The van der Waals surface area contributed by atoms with E-state index in [0.29, 0.717) is 0 Å². The normalized spacial score (nSPS) is 21.4. The highest BCUT2D eigenvalue weighted by molar-refractivity contribution is 7.99. The first kappa shape index (κ1) is 15.3. The van der Waals surface area contributed by atoms with E-state index in [1.165, 1.54) is 37.9 Å². The zero-order chi connectivity index (χ0) is 12.6. The van der Waals surface area contributed by atoms with Crippen molar-refractivity contribution in [3.63, 3.8) is 0 Å². The summed E-state index contributed by atoms with van der Waals surface area (Å²) < 4.78 is 0. The third-order valence-corrected chi connectivity index (χ3v) is 5.09. The van der Waals surface area contributed by atoms with Gasteiger partial charge in [0.25, 0.3) is 0 Å². The molecule has 1 aliphatic rings. The quantitative estimate of drug-likeness (QED) is 0.702. The predicted molar refractivity (Wildman–Crippen MR) is 77.7 cm³/mol. The van der Waals surface area contributed by atoms with Crippen LogP contribution in [-0.2, 0) is 0 Å². The summed E-state index contributed by atoms with van der Waals surface area (Å²) in [6.45, 7) is 5.56. The molecular weight excluding hydrogens is 230 g/mol. The van der Waals surface area contributed by atoms with E-state index in [0.717, 1.165) is 24.6 Å². The topological polar surface area (TPSA) is 32.3 Å². The SMILES string of the molecule is CCCNC(C)(CO)CCSC1CCCCC1. The number of thioether (sulfide) groups is 1. The first-order chi connectivity index (χ1) is 8.20. The summed E-state index contributed by atoms with van der Waals surface area (Å²) in [5, 5.41) is 13.8. The highest BCUT2D eigenvalue weighted by Gasteiger charge is 2.22. The van der Waals surface area contributed by atoms with Gasteiger partial charge in [-0.3, -0.25) is 0 Å². The number of rotatable bonds is 8. The summed E-state index contributed by atoms with van der Waals surface area (Å²) in [4.78, 5) is 0. The molecular formula is C14H29NOS. The average molecular weight is 259 g/mol. The second kappa shape index (κ2) is 8.39. The Morgan fingerprint density at radius 2 is 2.00 bits per heavy atom. The fourth-order valence-electron chi connectivity index (χ4n) is 2.33. The second-order valence-electron chi connectivity index (χ2n) is 5.53. The van der Waals surface area contributed by atoms with Crippen LogP contribution in [0.5, 0.6) is 0 Å². The Kier molecular flexibility index (Phi) is 7.56. The maximum Gasteiger partial charge on any atom is 0.0610 e. The van der Waals surface area contributed by atoms with Gasteiger partial charge in [0.1, 0.15) is 0 Å². The van der Waals surface area contributed by atoms with Gasteiger partial charge in [0.2, 0.25) is 0 Å². The Bertz CT molecular complexity index is 195. The molecule has 2 N–H and O–H groups in total. The van der Waals surface area contributed by atoms with E-state index >= 15 is 0 Å². The first-order valence-electron chi connectivity index (χ1n) is 7.17. The fourth-order valence-corrected chi connectivity index (χ4v) is 3.90. The highest BCUT2D eigenvalue weighted by atomic mass is 32.2. The van der Waals surface area contributed by atoms with E-state index in [1.54, 1.807) is 0 Å². The lowest BCUT2D eigenvalue weighted by atomic mass is 10.00. The summed E-state index contributed by atoms with van der Waals surface area (Å²) in [7, 11) is 0. The van der Waals surface area contributed by atoms with Gasteiger partial charge < -0.3 is 10.4 Å². The second-order valence-corrected chi connectivity index (χ2v) is 6.93. The van der Waals surface area contributed by atoms with Crippen LogP contribution >= 0.6 is 11.8 Å². The molecule has 0 saturated heterocycles. The van der Waals surface area contributed by atoms with Crippen molar-refractivity contribution >= 4 is 11.8 Å². The Morgan fingerprint density at radius 3 is 2.59 bits per heavy atom. The fraction of sp³-hybridized carbons (Fsp3) is 1.00. The number of nitrogens with one attached hydrogen (secondary N) is 1. The zero-order valence-corrected chi connectivity index (χ0v) is 12.3. The maximum atomic E-state index is 9.48. The van der Waals surface area contributed by atoms with Crippen molar-refractivity contribution in [1.29, 1.82) is 0 Å². The van der Waals surface area contributed by atoms with Crippen molar-refractivity contribution < 1.29 is 5.11 Å². The molecule has 1 unspecified atom stereocenters. The Labute approximate surface area is 111 Å². The molecule has 0 radical (unpaired) electrons. The molecule has 0 aromatic heterocycles. The molecule has 0 bridgehead atoms. The Balaban J connectivity index is 2.17. The van der Waals surface area contributed by atoms with E-state index in [1.807, 2.05) is 0 Å². The van der Waals surface area contributed by atoms with Crippen LogP contribution in [-0.4, -0.2) is 34.8 Å². The maximum absolute atomic E-state index is 9.48. The lowest BCUT2D eigenvalue weighted by molar-refractivity contribution is 0.171. The molecule has 1 rings (SSSR count). The third kappa shape index (κ3) is 6.12. The standard InChI is InChI=1S/C14H29NOS/c1-3-10-15-14(2,12-16)9-11-17-13-7-5-4-6-8-13/h13,15-16H,3-12H2,1-2H3. The van der Waals surface area contributed by atoms with Crippen molar-refractivity contribution in [3.8, 4) is 0 Å². The van der Waals surface area contributed by atoms with E-state index in [-0.39, 0.29) is 12.1 Å². The van der Waals surface area contributed by atoms with Crippen molar-refractivity contribution in [2.75, 3.05) is 18.9 Å². The smallest absolute Gasteiger partial charge is 0.0610 e. The molecule has 3 heteroatoms. The molecule has 102 valence electrons. The van der Waals surface area contributed by atoms with Gasteiger partial charge in [-0.15, -0.1) is 0 Å². The minimum atomic E-state index is -0.0717. The minimum Gasteiger partial charge on any atom is -0.394 e. The van der Waals surface area contributed by atoms with Crippen LogP contribution in [0.1, 0.15) is 58.8 Å². The van der Waals surface area contributed by atoms with E-state index < -0.39 is 0 Å². The molecule has 2 nitrogen and oxygen atoms in total. The van der Waals surface area contributed by atoms with Gasteiger partial charge in [-0.05, 0) is 44.9 Å². The van der Waals surface area contributed by atoms with Crippen molar-refractivity contribution in [2.24, 2.45) is 0 Å². The summed E-state index contributed by atoms with van der Waals surface area (Å²) >= 11 is 2.12.